The van der Waals surface area contributed by atoms with E-state index >= 15 is 0 Å². The minimum absolute atomic E-state index is 0.263. The van der Waals surface area contributed by atoms with Crippen molar-refractivity contribution in [1.82, 2.24) is 4.90 Å². The Kier molecular flexibility index (Phi) is 9.80. The molecule has 0 amide bonds. The van der Waals surface area contributed by atoms with Gasteiger partial charge in [0, 0.05) is 31.3 Å². The molecule has 0 saturated carbocycles. The van der Waals surface area contributed by atoms with Gasteiger partial charge in [-0.05, 0) is 36.6 Å². The van der Waals surface area contributed by atoms with E-state index in [1.165, 1.54) is 13.2 Å². The van der Waals surface area contributed by atoms with Gasteiger partial charge < -0.3 is 20.2 Å². The molecule has 0 aliphatic carbocycles. The maximum Gasteiger partial charge on any atom is 0.196 e. The molecule has 1 fully saturated rings. The van der Waals surface area contributed by atoms with E-state index in [1.54, 1.807) is 18.3 Å². The monoisotopic (exact) mass is 414 g/mol. The molecule has 0 radical (unpaired) electrons. The maximum atomic E-state index is 14.6. The Balaban J connectivity index is 2.07. The Morgan fingerprint density at radius 3 is 2.77 bits per heavy atom. The highest BCUT2D eigenvalue weighted by molar-refractivity contribution is 5.96. The predicted octanol–water partition coefficient (Wildman–Crippen LogP) is 3.90. The van der Waals surface area contributed by atoms with Gasteiger partial charge in [0.05, 0.1) is 18.9 Å². The number of hydrogen-bond acceptors (Lipinski definition) is 4. The molecule has 30 heavy (non-hydrogen) atoms. The van der Waals surface area contributed by atoms with Crippen LogP contribution in [0.3, 0.4) is 0 Å². The molecule has 2 rings (SSSR count). The highest BCUT2D eigenvalue weighted by atomic mass is 19.1. The number of oxime groups is 1. The number of nitrogens with two attached hydrogens (primary N) is 1. The van der Waals surface area contributed by atoms with Crippen LogP contribution in [0.1, 0.15) is 31.4 Å². The Bertz CT molecular complexity index is 838. The number of nitrogens with zero attached hydrogens (tertiary/aromatic N) is 3. The van der Waals surface area contributed by atoms with Gasteiger partial charge in [-0.15, -0.1) is 0 Å². The van der Waals surface area contributed by atoms with Crippen molar-refractivity contribution in [3.63, 3.8) is 0 Å². The van der Waals surface area contributed by atoms with Crippen molar-refractivity contribution in [2.45, 2.75) is 26.7 Å². The van der Waals surface area contributed by atoms with Crippen molar-refractivity contribution in [3.8, 4) is 0 Å². The molecule has 1 aliphatic rings. The highest BCUT2D eigenvalue weighted by Gasteiger charge is 2.11. The van der Waals surface area contributed by atoms with E-state index in [0.717, 1.165) is 30.6 Å². The second kappa shape index (κ2) is 12.6. The summed E-state index contributed by atoms with van der Waals surface area (Å²) in [6, 6.07) is 5.21. The Morgan fingerprint density at radius 2 is 2.10 bits per heavy atom. The number of hydrogen-bond donors (Lipinski definition) is 1. The fraction of sp³-hybridized carbons (Fsp3) is 0.391. The maximum absolute atomic E-state index is 14.6. The fourth-order valence-corrected chi connectivity index (χ4v) is 2.95. The minimum Gasteiger partial charge on any atom is -0.399 e. The van der Waals surface area contributed by atoms with Crippen molar-refractivity contribution < 1.29 is 14.0 Å². The zero-order chi connectivity index (χ0) is 21.8. The fourth-order valence-electron chi connectivity index (χ4n) is 2.95. The van der Waals surface area contributed by atoms with E-state index in [2.05, 4.69) is 17.1 Å². The minimum atomic E-state index is -0.263. The van der Waals surface area contributed by atoms with Crippen molar-refractivity contribution in [1.29, 1.82) is 0 Å². The van der Waals surface area contributed by atoms with Gasteiger partial charge in [-0.3, -0.25) is 0 Å². The van der Waals surface area contributed by atoms with E-state index in [-0.39, 0.29) is 5.82 Å². The molecular weight excluding hydrogens is 383 g/mol. The molecule has 1 heterocycles. The Morgan fingerprint density at radius 1 is 1.33 bits per heavy atom. The van der Waals surface area contributed by atoms with Crippen LogP contribution in [0.15, 0.2) is 58.9 Å². The van der Waals surface area contributed by atoms with Gasteiger partial charge in [-0.2, -0.15) is 0 Å². The number of morpholine rings is 1. The molecule has 1 aromatic rings. The molecule has 1 saturated heterocycles. The molecule has 1 aliphatic heterocycles. The number of ether oxygens (including phenoxy) is 1. The lowest BCUT2D eigenvalue weighted by Crippen LogP contribution is -2.44. The predicted molar refractivity (Wildman–Crippen MR) is 121 cm³/mol. The summed E-state index contributed by atoms with van der Waals surface area (Å²) >= 11 is 0. The molecule has 0 spiro atoms. The van der Waals surface area contributed by atoms with Crippen LogP contribution >= 0.6 is 0 Å². The lowest BCUT2D eigenvalue weighted by Gasteiger charge is -2.27. The summed E-state index contributed by atoms with van der Waals surface area (Å²) in [5.74, 6) is 0.169. The zero-order valence-corrected chi connectivity index (χ0v) is 18.0. The van der Waals surface area contributed by atoms with Crippen molar-refractivity contribution in [2.75, 3.05) is 33.4 Å². The largest absolute Gasteiger partial charge is 0.399 e. The third-order valence-electron chi connectivity index (χ3n) is 4.58. The topological polar surface area (TPSA) is 72.4 Å². The third kappa shape index (κ3) is 7.48. The van der Waals surface area contributed by atoms with Crippen molar-refractivity contribution >= 4 is 17.2 Å². The van der Waals surface area contributed by atoms with Crippen LogP contribution < -0.4 is 5.73 Å². The van der Waals surface area contributed by atoms with Crippen LogP contribution in [0.4, 0.5) is 4.39 Å². The average Bonchev–Trinajstić information content (AvgIpc) is 2.74. The first kappa shape index (κ1) is 23.3. The van der Waals surface area contributed by atoms with Crippen LogP contribution in [0.2, 0.25) is 0 Å². The lowest BCUT2D eigenvalue weighted by molar-refractivity contribution is 0.0675. The second-order valence-corrected chi connectivity index (χ2v) is 6.84. The molecule has 162 valence electrons. The summed E-state index contributed by atoms with van der Waals surface area (Å²) in [6.45, 7) is 6.68. The summed E-state index contributed by atoms with van der Waals surface area (Å²) in [5, 5.41) is 4.01. The van der Waals surface area contributed by atoms with Gasteiger partial charge in [-0.25, -0.2) is 9.38 Å². The molecule has 0 aromatic heterocycles. The Hall–Kier alpha value is -2.93. The number of rotatable bonds is 8. The second-order valence-electron chi connectivity index (χ2n) is 6.84. The lowest BCUT2D eigenvalue weighted by atomic mass is 10.0. The molecule has 1 aromatic carbocycles. The smallest absolute Gasteiger partial charge is 0.196 e. The molecule has 6 nitrogen and oxygen atoms in total. The molecule has 0 bridgehead atoms. The molecule has 2 N–H and O–H groups in total. The highest BCUT2D eigenvalue weighted by Crippen LogP contribution is 2.20. The zero-order valence-electron chi connectivity index (χ0n) is 18.0. The summed E-state index contributed by atoms with van der Waals surface area (Å²) in [4.78, 5) is 11.1. The Labute approximate surface area is 178 Å². The van der Waals surface area contributed by atoms with E-state index in [4.69, 9.17) is 15.3 Å². The van der Waals surface area contributed by atoms with Crippen LogP contribution in [0.5, 0.6) is 0 Å². The van der Waals surface area contributed by atoms with Gasteiger partial charge in [-0.1, -0.05) is 42.4 Å². The molecule has 0 atom stereocenters. The van der Waals surface area contributed by atoms with Crippen LogP contribution in [0.25, 0.3) is 5.57 Å². The number of aliphatic imine (C=N–C) groups is 1. The standard InChI is InChI=1S/C23H31FN4O2/c1-4-5-6-7-18(2)21-9-8-19(17-22(21)24)16-20(27-29-3)10-11-26-23(25)28-12-14-30-15-13-28/h5-11,17H,4,12-16H2,1-3H3,(H2,25,26)/b6-5-,11-10+,18-7+,27-20+. The average molecular weight is 415 g/mol. The molecular formula is C23H31FN4O2. The first-order valence-electron chi connectivity index (χ1n) is 10.1. The van der Waals surface area contributed by atoms with Gasteiger partial charge in [0.15, 0.2) is 5.96 Å². The van der Waals surface area contributed by atoms with Crippen LogP contribution in [0, 0.1) is 5.82 Å². The summed E-state index contributed by atoms with van der Waals surface area (Å²) < 4.78 is 19.9. The van der Waals surface area contributed by atoms with E-state index < -0.39 is 0 Å². The van der Waals surface area contributed by atoms with E-state index in [1.807, 2.05) is 36.1 Å². The summed E-state index contributed by atoms with van der Waals surface area (Å²) in [6.07, 6.45) is 10.5. The van der Waals surface area contributed by atoms with Crippen LogP contribution in [-0.2, 0) is 16.0 Å². The first-order chi connectivity index (χ1) is 14.5. The van der Waals surface area contributed by atoms with E-state index in [0.29, 0.717) is 36.9 Å². The number of allylic oxidation sites excluding steroid dienone is 5. The summed E-state index contributed by atoms with van der Waals surface area (Å²) in [5.41, 5.74) is 8.87. The quantitative estimate of drug-likeness (QED) is 0.303. The molecule has 0 unspecified atom stereocenters. The van der Waals surface area contributed by atoms with Gasteiger partial charge in [0.2, 0.25) is 0 Å². The SMILES string of the molecule is CC/C=C\C=C(/C)c1ccc(CC(/C=C/N=C(N)N2CCOCC2)=N/OC)cc1F. The first-order valence-corrected chi connectivity index (χ1v) is 10.1. The van der Waals surface area contributed by atoms with E-state index in [9.17, 15) is 4.39 Å². The number of benzene rings is 1. The van der Waals surface area contributed by atoms with Crippen LogP contribution in [-0.4, -0.2) is 50.0 Å². The number of halogens is 1. The van der Waals surface area contributed by atoms with Crippen molar-refractivity contribution in [3.05, 3.63) is 65.6 Å². The third-order valence-corrected chi connectivity index (χ3v) is 4.58. The normalized spacial score (nSPS) is 16.7. The summed E-state index contributed by atoms with van der Waals surface area (Å²) in [7, 11) is 1.47. The number of guanidine groups is 1. The molecule has 7 heteroatoms. The van der Waals surface area contributed by atoms with Gasteiger partial charge in [0.1, 0.15) is 12.9 Å². The van der Waals surface area contributed by atoms with Gasteiger partial charge >= 0.3 is 0 Å². The van der Waals surface area contributed by atoms with Crippen molar-refractivity contribution in [2.24, 2.45) is 15.9 Å². The van der Waals surface area contributed by atoms with Gasteiger partial charge in [0.25, 0.3) is 0 Å².